The Morgan fingerprint density at radius 3 is 2.25 bits per heavy atom. The smallest absolute Gasteiger partial charge is 0.136 e. The number of phenolic OH excluding ortho intramolecular Hbond substituents is 1. The van der Waals surface area contributed by atoms with Crippen LogP contribution >= 0.6 is 0 Å². The predicted octanol–water partition coefficient (Wildman–Crippen LogP) is 2.08. The number of hydrogen-bond donors (Lipinski definition) is 1. The number of aromatic hydroxyl groups is 1. The molecule has 0 amide bonds. The molecule has 0 saturated heterocycles. The summed E-state index contributed by atoms with van der Waals surface area (Å²) in [7, 11) is 0. The average molecular weight is 164 g/mol. The number of carbonyl (C=O) groups excluding carboxylic acids is 1. The highest BCUT2D eigenvalue weighted by molar-refractivity contribution is 5.82. The Balaban J connectivity index is 2.89. The third-order valence-corrected chi connectivity index (χ3v) is 2.00. The fourth-order valence-corrected chi connectivity index (χ4v) is 0.998. The van der Waals surface area contributed by atoms with E-state index in [2.05, 4.69) is 0 Å². The van der Waals surface area contributed by atoms with Crippen molar-refractivity contribution in [1.29, 1.82) is 0 Å². The van der Waals surface area contributed by atoms with Gasteiger partial charge in [-0.2, -0.15) is 0 Å². The van der Waals surface area contributed by atoms with Gasteiger partial charge in [0.05, 0.1) is 0 Å². The molecule has 0 saturated carbocycles. The topological polar surface area (TPSA) is 37.3 Å². The molecular formula is C10H12O2. The summed E-state index contributed by atoms with van der Waals surface area (Å²) in [6.07, 6.45) is 0. The van der Waals surface area contributed by atoms with Gasteiger partial charge in [0, 0.05) is 5.92 Å². The molecule has 1 rings (SSSR count). The van der Waals surface area contributed by atoms with Crippen molar-refractivity contribution < 1.29 is 9.90 Å². The molecule has 1 atom stereocenters. The van der Waals surface area contributed by atoms with Crippen LogP contribution in [-0.4, -0.2) is 10.9 Å². The van der Waals surface area contributed by atoms with Crippen molar-refractivity contribution >= 4 is 5.78 Å². The van der Waals surface area contributed by atoms with Gasteiger partial charge in [0.25, 0.3) is 0 Å². The highest BCUT2D eigenvalue weighted by Crippen LogP contribution is 2.18. The van der Waals surface area contributed by atoms with Gasteiger partial charge in [-0.3, -0.25) is 4.79 Å². The molecule has 0 aliphatic rings. The van der Waals surface area contributed by atoms with Gasteiger partial charge in [-0.15, -0.1) is 0 Å². The summed E-state index contributed by atoms with van der Waals surface area (Å²) >= 11 is 0. The zero-order chi connectivity index (χ0) is 9.14. The van der Waals surface area contributed by atoms with Crippen LogP contribution in [-0.2, 0) is 4.79 Å². The Bertz CT molecular complexity index is 274. The molecule has 2 nitrogen and oxygen atoms in total. The lowest BCUT2D eigenvalue weighted by molar-refractivity contribution is -0.118. The minimum absolute atomic E-state index is 0.0781. The van der Waals surface area contributed by atoms with E-state index in [0.29, 0.717) is 0 Å². The second-order valence-electron chi connectivity index (χ2n) is 2.92. The maximum atomic E-state index is 11.0. The summed E-state index contributed by atoms with van der Waals surface area (Å²) < 4.78 is 0. The Morgan fingerprint density at radius 2 is 1.83 bits per heavy atom. The minimum atomic E-state index is -0.0781. The summed E-state index contributed by atoms with van der Waals surface area (Å²) in [5, 5.41) is 8.99. The molecule has 0 unspecified atom stereocenters. The normalized spacial score (nSPS) is 12.5. The maximum absolute atomic E-state index is 11.0. The van der Waals surface area contributed by atoms with E-state index in [4.69, 9.17) is 5.11 Å². The van der Waals surface area contributed by atoms with Gasteiger partial charge in [-0.1, -0.05) is 19.1 Å². The van der Waals surface area contributed by atoms with Crippen molar-refractivity contribution in [2.45, 2.75) is 19.8 Å². The number of hydrogen-bond acceptors (Lipinski definition) is 2. The number of carbonyl (C=O) groups is 1. The van der Waals surface area contributed by atoms with E-state index in [9.17, 15) is 4.79 Å². The van der Waals surface area contributed by atoms with Gasteiger partial charge in [-0.05, 0) is 24.6 Å². The molecule has 0 radical (unpaired) electrons. The molecule has 0 fully saturated rings. The molecule has 12 heavy (non-hydrogen) atoms. The monoisotopic (exact) mass is 164 g/mol. The van der Waals surface area contributed by atoms with E-state index in [-0.39, 0.29) is 17.5 Å². The second kappa shape index (κ2) is 3.39. The van der Waals surface area contributed by atoms with Gasteiger partial charge in [-0.25, -0.2) is 0 Å². The zero-order valence-corrected chi connectivity index (χ0v) is 7.24. The first-order valence-electron chi connectivity index (χ1n) is 3.90. The van der Waals surface area contributed by atoms with Crippen LogP contribution in [0.4, 0.5) is 0 Å². The first-order chi connectivity index (χ1) is 5.61. The van der Waals surface area contributed by atoms with E-state index < -0.39 is 0 Å². The third kappa shape index (κ3) is 1.84. The molecule has 2 heteroatoms. The molecule has 0 spiro atoms. The average Bonchev–Trinajstić information content (AvgIpc) is 2.04. The lowest BCUT2D eigenvalue weighted by Gasteiger charge is -2.06. The molecule has 0 heterocycles. The number of phenols is 1. The van der Waals surface area contributed by atoms with Gasteiger partial charge >= 0.3 is 0 Å². The number of ketones is 1. The van der Waals surface area contributed by atoms with Crippen molar-refractivity contribution in [1.82, 2.24) is 0 Å². The standard InChI is InChI=1S/C10H12O2/c1-7(8(2)11)9-3-5-10(12)6-4-9/h3-7,12H,1-2H3/t7-/m1/s1. The van der Waals surface area contributed by atoms with Gasteiger partial charge < -0.3 is 5.11 Å². The van der Waals surface area contributed by atoms with Gasteiger partial charge in [0.1, 0.15) is 11.5 Å². The summed E-state index contributed by atoms with van der Waals surface area (Å²) in [6.45, 7) is 3.42. The first-order valence-corrected chi connectivity index (χ1v) is 3.90. The van der Waals surface area contributed by atoms with Crippen molar-refractivity contribution in [3.63, 3.8) is 0 Å². The number of rotatable bonds is 2. The molecule has 0 bridgehead atoms. The van der Waals surface area contributed by atoms with Crippen LogP contribution in [0, 0.1) is 0 Å². The maximum Gasteiger partial charge on any atom is 0.136 e. The zero-order valence-electron chi connectivity index (χ0n) is 7.24. The highest BCUT2D eigenvalue weighted by Gasteiger charge is 2.09. The van der Waals surface area contributed by atoms with Crippen molar-refractivity contribution in [2.24, 2.45) is 0 Å². The Labute approximate surface area is 71.8 Å². The van der Waals surface area contributed by atoms with Crippen molar-refractivity contribution in [3.8, 4) is 5.75 Å². The molecule has 1 aromatic carbocycles. The quantitative estimate of drug-likeness (QED) is 0.726. The van der Waals surface area contributed by atoms with Crippen LogP contribution in [0.15, 0.2) is 24.3 Å². The molecule has 0 aromatic heterocycles. The molecular weight excluding hydrogens is 152 g/mol. The van der Waals surface area contributed by atoms with Crippen LogP contribution in [0.25, 0.3) is 0 Å². The summed E-state index contributed by atoms with van der Waals surface area (Å²) in [5.74, 6) is 0.292. The Morgan fingerprint density at radius 1 is 1.33 bits per heavy atom. The Kier molecular flexibility index (Phi) is 2.48. The molecule has 0 aliphatic heterocycles. The minimum Gasteiger partial charge on any atom is -0.508 e. The lowest BCUT2D eigenvalue weighted by atomic mass is 9.98. The largest absolute Gasteiger partial charge is 0.508 e. The molecule has 1 N–H and O–H groups in total. The van der Waals surface area contributed by atoms with Crippen LogP contribution < -0.4 is 0 Å². The van der Waals surface area contributed by atoms with Crippen LogP contribution in [0.1, 0.15) is 25.3 Å². The van der Waals surface area contributed by atoms with E-state index in [0.717, 1.165) is 5.56 Å². The van der Waals surface area contributed by atoms with E-state index in [1.54, 1.807) is 31.2 Å². The third-order valence-electron chi connectivity index (χ3n) is 2.00. The fourth-order valence-electron chi connectivity index (χ4n) is 0.998. The van der Waals surface area contributed by atoms with Crippen LogP contribution in [0.3, 0.4) is 0 Å². The summed E-state index contributed by atoms with van der Waals surface area (Å²) in [5.41, 5.74) is 0.945. The van der Waals surface area contributed by atoms with E-state index in [1.165, 1.54) is 0 Å². The van der Waals surface area contributed by atoms with E-state index >= 15 is 0 Å². The molecule has 64 valence electrons. The number of benzene rings is 1. The molecule has 1 aromatic rings. The fraction of sp³-hybridized carbons (Fsp3) is 0.300. The van der Waals surface area contributed by atoms with Crippen LogP contribution in [0.2, 0.25) is 0 Å². The lowest BCUT2D eigenvalue weighted by Crippen LogP contribution is -2.03. The second-order valence-corrected chi connectivity index (χ2v) is 2.92. The predicted molar refractivity (Wildman–Crippen MR) is 47.2 cm³/mol. The molecule has 0 aliphatic carbocycles. The van der Waals surface area contributed by atoms with Gasteiger partial charge in [0.2, 0.25) is 0 Å². The number of Topliss-reactive ketones (excluding diaryl/α,β-unsaturated/α-hetero) is 1. The van der Waals surface area contributed by atoms with Crippen molar-refractivity contribution in [2.75, 3.05) is 0 Å². The first kappa shape index (κ1) is 8.78. The van der Waals surface area contributed by atoms with Crippen LogP contribution in [0.5, 0.6) is 5.75 Å². The summed E-state index contributed by atoms with van der Waals surface area (Å²) in [4.78, 5) is 11.0. The van der Waals surface area contributed by atoms with Crippen molar-refractivity contribution in [3.05, 3.63) is 29.8 Å². The summed E-state index contributed by atoms with van der Waals surface area (Å²) in [6, 6.07) is 6.71. The highest BCUT2D eigenvalue weighted by atomic mass is 16.3. The Hall–Kier alpha value is -1.31. The van der Waals surface area contributed by atoms with E-state index in [1.807, 2.05) is 6.92 Å². The SMILES string of the molecule is CC(=O)[C@@H](C)c1ccc(O)cc1. The van der Waals surface area contributed by atoms with Gasteiger partial charge in [0.15, 0.2) is 0 Å².